The Hall–Kier alpha value is -3.01. The Kier molecular flexibility index (Phi) is 4.38. The van der Waals surface area contributed by atoms with Crippen LogP contribution in [0.3, 0.4) is 0 Å². The molecule has 1 N–H and O–H groups in total. The van der Waals surface area contributed by atoms with Crippen LogP contribution in [0, 0.1) is 15.9 Å². The lowest BCUT2D eigenvalue weighted by Crippen LogP contribution is -2.17. The standard InChI is InChI=1S/C14H14FN5O4/c1-23-12-5-9(15)11(20(21)22)6-10(12)18-13-7-14(17-8-16-13)19-3-2-4-24-19/h5-8H,2-4H2,1H3,(H,16,17,18). The maximum atomic E-state index is 13.7. The molecule has 10 heteroatoms. The highest BCUT2D eigenvalue weighted by Crippen LogP contribution is 2.33. The largest absolute Gasteiger partial charge is 0.494 e. The van der Waals surface area contributed by atoms with Gasteiger partial charge in [0.2, 0.25) is 5.82 Å². The fourth-order valence-corrected chi connectivity index (χ4v) is 2.27. The molecule has 1 saturated heterocycles. The van der Waals surface area contributed by atoms with E-state index in [-0.39, 0.29) is 11.4 Å². The molecule has 9 nitrogen and oxygen atoms in total. The number of nitro benzene ring substituents is 1. The van der Waals surface area contributed by atoms with Gasteiger partial charge in [0.05, 0.1) is 24.3 Å². The first kappa shape index (κ1) is 15.9. The maximum absolute atomic E-state index is 13.7. The molecule has 1 fully saturated rings. The highest BCUT2D eigenvalue weighted by atomic mass is 19.1. The van der Waals surface area contributed by atoms with Gasteiger partial charge < -0.3 is 10.1 Å². The Morgan fingerprint density at radius 3 is 2.92 bits per heavy atom. The number of nitrogens with zero attached hydrogens (tertiary/aromatic N) is 4. The summed E-state index contributed by atoms with van der Waals surface area (Å²) in [6, 6.07) is 3.63. The zero-order chi connectivity index (χ0) is 17.1. The van der Waals surface area contributed by atoms with Crippen molar-refractivity contribution in [2.75, 3.05) is 30.6 Å². The smallest absolute Gasteiger partial charge is 0.307 e. The number of hydroxylamine groups is 1. The van der Waals surface area contributed by atoms with Gasteiger partial charge in [0.15, 0.2) is 5.82 Å². The number of aromatic nitrogens is 2. The predicted octanol–water partition coefficient (Wildman–Crippen LogP) is 2.42. The van der Waals surface area contributed by atoms with Crippen molar-refractivity contribution in [1.82, 2.24) is 9.97 Å². The lowest BCUT2D eigenvalue weighted by molar-refractivity contribution is -0.387. The molecule has 2 aromatic rings. The molecular formula is C14H14FN5O4. The van der Waals surface area contributed by atoms with Crippen molar-refractivity contribution in [2.45, 2.75) is 6.42 Å². The van der Waals surface area contributed by atoms with Crippen LogP contribution in [-0.4, -0.2) is 35.2 Å². The average Bonchev–Trinajstić information content (AvgIpc) is 3.10. The maximum Gasteiger partial charge on any atom is 0.307 e. The average molecular weight is 335 g/mol. The van der Waals surface area contributed by atoms with Gasteiger partial charge in [0.1, 0.15) is 17.9 Å². The van der Waals surface area contributed by atoms with Gasteiger partial charge in [-0.05, 0) is 6.42 Å². The Bertz CT molecular complexity index is 767. The van der Waals surface area contributed by atoms with Crippen molar-refractivity contribution in [2.24, 2.45) is 0 Å². The molecular weight excluding hydrogens is 321 g/mol. The van der Waals surface area contributed by atoms with E-state index in [1.165, 1.54) is 13.4 Å². The lowest BCUT2D eigenvalue weighted by Gasteiger charge is -2.16. The number of ether oxygens (including phenoxy) is 1. The summed E-state index contributed by atoms with van der Waals surface area (Å²) in [5, 5.41) is 15.4. The highest BCUT2D eigenvalue weighted by Gasteiger charge is 2.20. The van der Waals surface area contributed by atoms with E-state index in [9.17, 15) is 14.5 Å². The quantitative estimate of drug-likeness (QED) is 0.656. The lowest BCUT2D eigenvalue weighted by atomic mass is 10.2. The number of methoxy groups -OCH3 is 1. The van der Waals surface area contributed by atoms with E-state index in [1.54, 1.807) is 11.1 Å². The molecule has 0 unspecified atom stereocenters. The summed E-state index contributed by atoms with van der Waals surface area (Å²) in [6.07, 6.45) is 2.23. The van der Waals surface area contributed by atoms with Gasteiger partial charge in [0, 0.05) is 24.7 Å². The molecule has 0 bridgehead atoms. The minimum atomic E-state index is -0.976. The Balaban J connectivity index is 1.91. The Labute approximate surface area is 136 Å². The van der Waals surface area contributed by atoms with E-state index >= 15 is 0 Å². The second kappa shape index (κ2) is 6.62. The van der Waals surface area contributed by atoms with Crippen molar-refractivity contribution < 1.29 is 18.9 Å². The molecule has 0 spiro atoms. The summed E-state index contributed by atoms with van der Waals surface area (Å²) in [4.78, 5) is 23.7. The van der Waals surface area contributed by atoms with Crippen LogP contribution in [0.25, 0.3) is 0 Å². The topological polar surface area (TPSA) is 103 Å². The Morgan fingerprint density at radius 1 is 1.42 bits per heavy atom. The van der Waals surface area contributed by atoms with Crippen LogP contribution in [0.4, 0.5) is 27.4 Å². The van der Waals surface area contributed by atoms with Crippen LogP contribution >= 0.6 is 0 Å². The molecule has 3 rings (SSSR count). The minimum Gasteiger partial charge on any atom is -0.494 e. The number of benzene rings is 1. The summed E-state index contributed by atoms with van der Waals surface area (Å²) in [6.45, 7) is 1.33. The molecule has 24 heavy (non-hydrogen) atoms. The molecule has 0 saturated carbocycles. The number of halogens is 1. The third-order valence-electron chi connectivity index (χ3n) is 3.39. The third-order valence-corrected chi connectivity index (χ3v) is 3.39. The first-order chi connectivity index (χ1) is 11.6. The minimum absolute atomic E-state index is 0.121. The Morgan fingerprint density at radius 2 is 2.25 bits per heavy atom. The van der Waals surface area contributed by atoms with Gasteiger partial charge in [-0.2, -0.15) is 4.39 Å². The summed E-state index contributed by atoms with van der Waals surface area (Å²) in [5.74, 6) is 0.0715. The molecule has 0 radical (unpaired) electrons. The molecule has 0 aliphatic carbocycles. The first-order valence-electron chi connectivity index (χ1n) is 7.10. The second-order valence-corrected chi connectivity index (χ2v) is 4.94. The van der Waals surface area contributed by atoms with Gasteiger partial charge in [-0.25, -0.2) is 15.0 Å². The zero-order valence-corrected chi connectivity index (χ0v) is 12.7. The molecule has 1 aromatic carbocycles. The van der Waals surface area contributed by atoms with E-state index in [2.05, 4.69) is 15.3 Å². The fraction of sp³-hybridized carbons (Fsp3) is 0.286. The van der Waals surface area contributed by atoms with Crippen molar-refractivity contribution >= 4 is 23.0 Å². The normalized spacial score (nSPS) is 13.8. The number of hydrogen-bond donors (Lipinski definition) is 1. The van der Waals surface area contributed by atoms with Crippen LogP contribution in [0.15, 0.2) is 24.5 Å². The SMILES string of the molecule is COc1cc(F)c([N+](=O)[O-])cc1Nc1cc(N2CCCO2)ncn1. The van der Waals surface area contributed by atoms with Crippen molar-refractivity contribution in [1.29, 1.82) is 0 Å². The first-order valence-corrected chi connectivity index (χ1v) is 7.10. The molecule has 126 valence electrons. The number of hydrogen-bond acceptors (Lipinski definition) is 8. The van der Waals surface area contributed by atoms with Gasteiger partial charge in [-0.3, -0.25) is 15.0 Å². The number of rotatable bonds is 5. The van der Waals surface area contributed by atoms with Gasteiger partial charge >= 0.3 is 5.69 Å². The van der Waals surface area contributed by atoms with Crippen LogP contribution in [-0.2, 0) is 4.84 Å². The monoisotopic (exact) mass is 335 g/mol. The van der Waals surface area contributed by atoms with Crippen molar-refractivity contribution in [3.63, 3.8) is 0 Å². The third kappa shape index (κ3) is 3.18. The van der Waals surface area contributed by atoms with Gasteiger partial charge in [-0.1, -0.05) is 0 Å². The second-order valence-electron chi connectivity index (χ2n) is 4.94. The van der Waals surface area contributed by atoms with E-state index in [0.717, 1.165) is 18.6 Å². The highest BCUT2D eigenvalue weighted by molar-refractivity contribution is 5.68. The molecule has 0 amide bonds. The molecule has 1 aliphatic heterocycles. The summed E-state index contributed by atoms with van der Waals surface area (Å²) < 4.78 is 18.7. The molecule has 1 aromatic heterocycles. The zero-order valence-electron chi connectivity index (χ0n) is 12.7. The fourth-order valence-electron chi connectivity index (χ4n) is 2.27. The number of nitrogens with one attached hydrogen (secondary N) is 1. The summed E-state index contributed by atoms with van der Waals surface area (Å²) in [7, 11) is 1.34. The van der Waals surface area contributed by atoms with Crippen molar-refractivity contribution in [3.8, 4) is 5.75 Å². The number of nitro groups is 1. The molecule has 1 aliphatic rings. The number of anilines is 3. The van der Waals surface area contributed by atoms with Crippen LogP contribution in [0.2, 0.25) is 0 Å². The summed E-state index contributed by atoms with van der Waals surface area (Å²) in [5.41, 5.74) is -0.437. The van der Waals surface area contributed by atoms with Crippen molar-refractivity contribution in [3.05, 3.63) is 40.5 Å². The van der Waals surface area contributed by atoms with Crippen LogP contribution in [0.5, 0.6) is 5.75 Å². The molecule has 2 heterocycles. The van der Waals surface area contributed by atoms with E-state index in [4.69, 9.17) is 9.57 Å². The van der Waals surface area contributed by atoms with E-state index < -0.39 is 16.4 Å². The predicted molar refractivity (Wildman–Crippen MR) is 82.8 cm³/mol. The van der Waals surface area contributed by atoms with Gasteiger partial charge in [-0.15, -0.1) is 0 Å². The van der Waals surface area contributed by atoms with E-state index in [0.29, 0.717) is 24.8 Å². The summed E-state index contributed by atoms with van der Waals surface area (Å²) >= 11 is 0. The molecule has 0 atom stereocenters. The van der Waals surface area contributed by atoms with Crippen LogP contribution in [0.1, 0.15) is 6.42 Å². The van der Waals surface area contributed by atoms with Crippen LogP contribution < -0.4 is 15.1 Å². The van der Waals surface area contributed by atoms with E-state index in [1.807, 2.05) is 0 Å². The van der Waals surface area contributed by atoms with Gasteiger partial charge in [0.25, 0.3) is 0 Å².